The molecule has 1 aromatic carbocycles. The van der Waals surface area contributed by atoms with Crippen molar-refractivity contribution in [3.05, 3.63) is 24.3 Å². The molecule has 3 rings (SSSR count). The van der Waals surface area contributed by atoms with E-state index in [4.69, 9.17) is 9.47 Å². The van der Waals surface area contributed by atoms with Gasteiger partial charge in [0.15, 0.2) is 0 Å². The van der Waals surface area contributed by atoms with Crippen LogP contribution in [-0.4, -0.2) is 37.1 Å². The predicted octanol–water partition coefficient (Wildman–Crippen LogP) is 2.48. The van der Waals surface area contributed by atoms with E-state index in [1.54, 1.807) is 24.3 Å². The van der Waals surface area contributed by atoms with Gasteiger partial charge in [-0.15, -0.1) is 0 Å². The smallest absolute Gasteiger partial charge is 0.307 e. The predicted molar refractivity (Wildman–Crippen MR) is 95.6 cm³/mol. The number of rotatable bonds is 5. The van der Waals surface area contributed by atoms with E-state index in [1.165, 1.54) is 7.11 Å². The van der Waals surface area contributed by atoms with Crippen molar-refractivity contribution in [1.29, 1.82) is 0 Å². The van der Waals surface area contributed by atoms with Gasteiger partial charge in [0.25, 0.3) is 0 Å². The largest absolute Gasteiger partial charge is 0.458 e. The topological polar surface area (TPSA) is 93.7 Å². The number of hydrogen-bond acceptors (Lipinski definition) is 5. The van der Waals surface area contributed by atoms with Crippen molar-refractivity contribution in [3.8, 4) is 0 Å². The summed E-state index contributed by atoms with van der Waals surface area (Å²) in [5.41, 5.74) is 0.603. The summed E-state index contributed by atoms with van der Waals surface area (Å²) < 4.78 is 10.4. The second-order valence-electron chi connectivity index (χ2n) is 6.90. The molecule has 7 nitrogen and oxygen atoms in total. The minimum Gasteiger partial charge on any atom is -0.458 e. The van der Waals surface area contributed by atoms with E-state index in [-0.39, 0.29) is 30.8 Å². The Kier molecular flexibility index (Phi) is 5.56. The van der Waals surface area contributed by atoms with Crippen LogP contribution < -0.4 is 10.6 Å². The van der Waals surface area contributed by atoms with Gasteiger partial charge in [0.2, 0.25) is 11.8 Å². The van der Waals surface area contributed by atoms with E-state index in [1.807, 2.05) is 0 Å². The summed E-state index contributed by atoms with van der Waals surface area (Å²) in [4.78, 5) is 36.1. The van der Waals surface area contributed by atoms with Gasteiger partial charge in [0.05, 0.1) is 12.3 Å². The number of esters is 1. The molecular weight excluding hydrogens is 336 g/mol. The van der Waals surface area contributed by atoms with E-state index < -0.39 is 11.5 Å². The normalized spacial score (nSPS) is 21.3. The summed E-state index contributed by atoms with van der Waals surface area (Å²) >= 11 is 0. The first kappa shape index (κ1) is 18.4. The van der Waals surface area contributed by atoms with Crippen molar-refractivity contribution in [3.63, 3.8) is 0 Å². The van der Waals surface area contributed by atoms with Crippen molar-refractivity contribution >= 4 is 29.2 Å². The monoisotopic (exact) mass is 360 g/mol. The highest BCUT2D eigenvalue weighted by molar-refractivity contribution is 5.97. The van der Waals surface area contributed by atoms with Gasteiger partial charge in [0.1, 0.15) is 12.2 Å². The molecule has 2 amide bonds. The number of nitrogens with one attached hydrogen (secondary N) is 2. The first-order valence-corrected chi connectivity index (χ1v) is 8.94. The fourth-order valence-corrected chi connectivity index (χ4v) is 3.82. The SMILES string of the molecule is COCC(=O)Nc1ccc(NC(=O)C2CC(=O)OC23CCCCC3)cc1. The first-order valence-electron chi connectivity index (χ1n) is 8.94. The van der Waals surface area contributed by atoms with Crippen LogP contribution >= 0.6 is 0 Å². The van der Waals surface area contributed by atoms with E-state index in [0.29, 0.717) is 11.4 Å². The Morgan fingerprint density at radius 3 is 2.35 bits per heavy atom. The standard InChI is InChI=1S/C19H24N2O5/c1-25-12-16(22)20-13-5-7-14(8-6-13)21-18(24)15-11-17(23)26-19(15)9-3-2-4-10-19/h5-8,15H,2-4,9-12H2,1H3,(H,20,22)(H,21,24). The molecule has 0 bridgehead atoms. The van der Waals surface area contributed by atoms with Gasteiger partial charge < -0.3 is 20.1 Å². The lowest BCUT2D eigenvalue weighted by molar-refractivity contribution is -0.153. The van der Waals surface area contributed by atoms with Crippen LogP contribution in [0, 0.1) is 5.92 Å². The second-order valence-corrected chi connectivity index (χ2v) is 6.90. The molecule has 7 heteroatoms. The third-order valence-corrected chi connectivity index (χ3v) is 5.05. The van der Waals surface area contributed by atoms with Gasteiger partial charge >= 0.3 is 5.97 Å². The van der Waals surface area contributed by atoms with Gasteiger partial charge in [-0.3, -0.25) is 14.4 Å². The van der Waals surface area contributed by atoms with Crippen LogP contribution in [0.2, 0.25) is 0 Å². The van der Waals surface area contributed by atoms with Crippen LogP contribution in [0.15, 0.2) is 24.3 Å². The van der Waals surface area contributed by atoms with Gasteiger partial charge in [-0.05, 0) is 49.9 Å². The van der Waals surface area contributed by atoms with Crippen LogP contribution in [0.25, 0.3) is 0 Å². The Balaban J connectivity index is 1.63. The molecule has 1 aliphatic carbocycles. The number of carbonyl (C=O) groups is 3. The Bertz CT molecular complexity index is 680. The lowest BCUT2D eigenvalue weighted by atomic mass is 9.75. The molecule has 1 atom stereocenters. The Morgan fingerprint density at radius 1 is 1.12 bits per heavy atom. The first-order chi connectivity index (χ1) is 12.5. The lowest BCUT2D eigenvalue weighted by Crippen LogP contribution is -2.43. The summed E-state index contributed by atoms with van der Waals surface area (Å²) in [6.07, 6.45) is 4.71. The van der Waals surface area contributed by atoms with Gasteiger partial charge in [-0.1, -0.05) is 6.42 Å². The summed E-state index contributed by atoms with van der Waals surface area (Å²) in [7, 11) is 1.45. The maximum atomic E-state index is 12.8. The molecular formula is C19H24N2O5. The van der Waals surface area contributed by atoms with Crippen LogP contribution in [0.5, 0.6) is 0 Å². The molecule has 2 N–H and O–H groups in total. The van der Waals surface area contributed by atoms with Crippen LogP contribution in [-0.2, 0) is 23.9 Å². The number of anilines is 2. The molecule has 1 spiro atoms. The summed E-state index contributed by atoms with van der Waals surface area (Å²) in [6.45, 7) is -0.0176. The Morgan fingerprint density at radius 2 is 1.73 bits per heavy atom. The van der Waals surface area contributed by atoms with E-state index >= 15 is 0 Å². The Labute approximate surface area is 152 Å². The fraction of sp³-hybridized carbons (Fsp3) is 0.526. The van der Waals surface area contributed by atoms with Crippen LogP contribution in [0.4, 0.5) is 11.4 Å². The van der Waals surface area contributed by atoms with Crippen LogP contribution in [0.1, 0.15) is 38.5 Å². The molecule has 1 saturated carbocycles. The highest BCUT2D eigenvalue weighted by Crippen LogP contribution is 2.44. The molecule has 0 radical (unpaired) electrons. The summed E-state index contributed by atoms with van der Waals surface area (Å²) in [5, 5.41) is 5.56. The molecule has 0 aromatic heterocycles. The molecule has 1 aliphatic heterocycles. The van der Waals surface area contributed by atoms with Crippen molar-refractivity contribution in [2.75, 3.05) is 24.4 Å². The fourth-order valence-electron chi connectivity index (χ4n) is 3.82. The third-order valence-electron chi connectivity index (χ3n) is 5.05. The molecule has 1 aromatic rings. The highest BCUT2D eigenvalue weighted by Gasteiger charge is 2.52. The average molecular weight is 360 g/mol. The Hall–Kier alpha value is -2.41. The number of hydrogen-bond donors (Lipinski definition) is 2. The van der Waals surface area contributed by atoms with Crippen molar-refractivity contribution in [2.24, 2.45) is 5.92 Å². The number of amides is 2. The zero-order valence-corrected chi connectivity index (χ0v) is 14.9. The van der Waals surface area contributed by atoms with E-state index in [2.05, 4.69) is 10.6 Å². The summed E-state index contributed by atoms with van der Waals surface area (Å²) in [6, 6.07) is 6.84. The zero-order chi connectivity index (χ0) is 18.6. The number of ether oxygens (including phenoxy) is 2. The maximum absolute atomic E-state index is 12.8. The molecule has 1 saturated heterocycles. The molecule has 2 aliphatic rings. The second kappa shape index (κ2) is 7.86. The minimum absolute atomic E-state index is 0.0176. The summed E-state index contributed by atoms with van der Waals surface area (Å²) in [5.74, 6) is -1.17. The lowest BCUT2D eigenvalue weighted by Gasteiger charge is -2.36. The van der Waals surface area contributed by atoms with Gasteiger partial charge in [0, 0.05) is 18.5 Å². The number of benzene rings is 1. The molecule has 140 valence electrons. The van der Waals surface area contributed by atoms with E-state index in [9.17, 15) is 14.4 Å². The minimum atomic E-state index is -0.631. The van der Waals surface area contributed by atoms with Gasteiger partial charge in [-0.25, -0.2) is 0 Å². The average Bonchev–Trinajstić information content (AvgIpc) is 2.93. The molecule has 26 heavy (non-hydrogen) atoms. The van der Waals surface area contributed by atoms with Crippen molar-refractivity contribution in [2.45, 2.75) is 44.1 Å². The maximum Gasteiger partial charge on any atom is 0.307 e. The zero-order valence-electron chi connectivity index (χ0n) is 14.9. The quantitative estimate of drug-likeness (QED) is 0.787. The number of carbonyl (C=O) groups excluding carboxylic acids is 3. The highest BCUT2D eigenvalue weighted by atomic mass is 16.6. The molecule has 1 unspecified atom stereocenters. The molecule has 1 heterocycles. The van der Waals surface area contributed by atoms with E-state index in [0.717, 1.165) is 32.1 Å². The van der Waals surface area contributed by atoms with Crippen molar-refractivity contribution < 1.29 is 23.9 Å². The van der Waals surface area contributed by atoms with Crippen molar-refractivity contribution in [1.82, 2.24) is 0 Å². The number of methoxy groups -OCH3 is 1. The third kappa shape index (κ3) is 4.04. The van der Waals surface area contributed by atoms with Crippen LogP contribution in [0.3, 0.4) is 0 Å². The van der Waals surface area contributed by atoms with Gasteiger partial charge in [-0.2, -0.15) is 0 Å². The molecule has 2 fully saturated rings.